The van der Waals surface area contributed by atoms with Crippen molar-refractivity contribution < 1.29 is 9.66 Å². The maximum absolute atomic E-state index is 10.9. The molecule has 0 aliphatic carbocycles. The maximum atomic E-state index is 10.9. The lowest BCUT2D eigenvalue weighted by Crippen LogP contribution is -2.53. The average Bonchev–Trinajstić information content (AvgIpc) is 3.47. The van der Waals surface area contributed by atoms with Gasteiger partial charge in [-0.05, 0) is 49.4 Å². The summed E-state index contributed by atoms with van der Waals surface area (Å²) in [6.07, 6.45) is 7.81. The van der Waals surface area contributed by atoms with Gasteiger partial charge in [0.2, 0.25) is 0 Å². The summed E-state index contributed by atoms with van der Waals surface area (Å²) in [5.74, 6) is 0. The van der Waals surface area contributed by atoms with Gasteiger partial charge in [-0.15, -0.1) is 4.37 Å². The Hall–Kier alpha value is -3.39. The van der Waals surface area contributed by atoms with Crippen molar-refractivity contribution in [3.8, 4) is 16.6 Å². The Morgan fingerprint density at radius 1 is 1.16 bits per heavy atom. The number of aryl methyl sites for hydroxylation is 1. The molecule has 164 valence electrons. The van der Waals surface area contributed by atoms with Crippen LogP contribution in [0.15, 0.2) is 71.7 Å². The summed E-state index contributed by atoms with van der Waals surface area (Å²) in [7, 11) is 0. The zero-order valence-corrected chi connectivity index (χ0v) is 18.8. The number of aromatic nitrogens is 2. The van der Waals surface area contributed by atoms with Crippen molar-refractivity contribution in [3.63, 3.8) is 0 Å². The minimum absolute atomic E-state index is 0.0853. The molecule has 0 bridgehead atoms. The molecule has 2 atom stereocenters. The fraction of sp³-hybridized carbons (Fsp3) is 0.292. The second-order valence-corrected chi connectivity index (χ2v) is 8.66. The van der Waals surface area contributed by atoms with Crippen LogP contribution in [0.3, 0.4) is 0 Å². The van der Waals surface area contributed by atoms with Crippen molar-refractivity contribution in [1.82, 2.24) is 9.36 Å². The van der Waals surface area contributed by atoms with Crippen LogP contribution in [-0.4, -0.2) is 31.6 Å². The SMILES string of the molecule is CCC(CCc1ccc([N+](=O)[O-])cc1)(Oc1nsc(-c2ccccc2)n1)C1(C)C=CC=N1. The first-order chi connectivity index (χ1) is 15.4. The van der Waals surface area contributed by atoms with E-state index in [1.54, 1.807) is 18.3 Å². The molecule has 1 aromatic heterocycles. The minimum atomic E-state index is -0.673. The number of nitro groups is 1. The lowest BCUT2D eigenvalue weighted by atomic mass is 9.76. The zero-order valence-electron chi connectivity index (χ0n) is 18.0. The number of hydrogen-bond donors (Lipinski definition) is 0. The van der Waals surface area contributed by atoms with Crippen LogP contribution in [0.1, 0.15) is 32.3 Å². The number of allylic oxidation sites excluding steroid dienone is 1. The molecule has 2 unspecified atom stereocenters. The van der Waals surface area contributed by atoms with Gasteiger partial charge in [0.1, 0.15) is 16.1 Å². The first-order valence-corrected chi connectivity index (χ1v) is 11.3. The van der Waals surface area contributed by atoms with E-state index in [4.69, 9.17) is 9.73 Å². The lowest BCUT2D eigenvalue weighted by molar-refractivity contribution is -0.384. The van der Waals surface area contributed by atoms with E-state index in [-0.39, 0.29) is 10.6 Å². The molecule has 8 heteroatoms. The standard InChI is InChI=1S/C24H24N4O3S/c1-3-24(23(2)15-7-17-25-23,16-14-18-10-12-20(13-11-18)28(29)30)31-22-26-21(32-27-22)19-8-5-4-6-9-19/h4-13,15,17H,3,14,16H2,1-2H3. The summed E-state index contributed by atoms with van der Waals surface area (Å²) in [6.45, 7) is 4.13. The number of non-ortho nitro benzene ring substituents is 1. The highest BCUT2D eigenvalue weighted by molar-refractivity contribution is 7.09. The highest BCUT2D eigenvalue weighted by Gasteiger charge is 2.49. The molecular formula is C24H24N4O3S. The Balaban J connectivity index is 1.60. The summed E-state index contributed by atoms with van der Waals surface area (Å²) >= 11 is 1.31. The Labute approximate surface area is 190 Å². The highest BCUT2D eigenvalue weighted by atomic mass is 32.1. The molecule has 3 aromatic rings. The number of ether oxygens (including phenoxy) is 1. The van der Waals surface area contributed by atoms with Crippen LogP contribution < -0.4 is 4.74 Å². The largest absolute Gasteiger partial charge is 0.453 e. The van der Waals surface area contributed by atoms with Crippen molar-refractivity contribution in [1.29, 1.82) is 0 Å². The van der Waals surface area contributed by atoms with Crippen LogP contribution >= 0.6 is 11.5 Å². The van der Waals surface area contributed by atoms with E-state index in [0.29, 0.717) is 25.3 Å². The number of aliphatic imine (C=N–C) groups is 1. The van der Waals surface area contributed by atoms with E-state index in [1.807, 2.05) is 36.4 Å². The quantitative estimate of drug-likeness (QED) is 0.311. The fourth-order valence-electron chi connectivity index (χ4n) is 4.01. The smallest absolute Gasteiger partial charge is 0.329 e. The third-order valence-corrected chi connectivity index (χ3v) is 6.77. The van der Waals surface area contributed by atoms with E-state index >= 15 is 0 Å². The Morgan fingerprint density at radius 2 is 1.91 bits per heavy atom. The van der Waals surface area contributed by atoms with Gasteiger partial charge in [0, 0.05) is 23.9 Å². The van der Waals surface area contributed by atoms with Crippen LogP contribution in [0.2, 0.25) is 0 Å². The van der Waals surface area contributed by atoms with Gasteiger partial charge < -0.3 is 4.74 Å². The third kappa shape index (κ3) is 4.31. The number of benzene rings is 2. The van der Waals surface area contributed by atoms with Crippen molar-refractivity contribution in [2.45, 2.75) is 44.2 Å². The average molecular weight is 449 g/mol. The van der Waals surface area contributed by atoms with Gasteiger partial charge in [0.15, 0.2) is 0 Å². The summed E-state index contributed by atoms with van der Waals surface area (Å²) < 4.78 is 11.0. The number of rotatable bonds is 9. The minimum Gasteiger partial charge on any atom is -0.453 e. The molecule has 0 N–H and O–H groups in total. The topological polar surface area (TPSA) is 90.5 Å². The van der Waals surface area contributed by atoms with Gasteiger partial charge in [-0.2, -0.15) is 4.98 Å². The molecule has 7 nitrogen and oxygen atoms in total. The van der Waals surface area contributed by atoms with Crippen molar-refractivity contribution >= 4 is 23.4 Å². The first-order valence-electron chi connectivity index (χ1n) is 10.5. The molecular weight excluding hydrogens is 424 g/mol. The summed E-state index contributed by atoms with van der Waals surface area (Å²) in [4.78, 5) is 19.9. The zero-order chi connectivity index (χ0) is 22.6. The molecule has 32 heavy (non-hydrogen) atoms. The van der Waals surface area contributed by atoms with Crippen LogP contribution in [-0.2, 0) is 6.42 Å². The molecule has 0 saturated carbocycles. The van der Waals surface area contributed by atoms with Gasteiger partial charge >= 0.3 is 6.01 Å². The van der Waals surface area contributed by atoms with Gasteiger partial charge in [0.25, 0.3) is 5.69 Å². The van der Waals surface area contributed by atoms with Gasteiger partial charge in [-0.3, -0.25) is 15.1 Å². The van der Waals surface area contributed by atoms with Crippen molar-refractivity contribution in [2.75, 3.05) is 0 Å². The van der Waals surface area contributed by atoms with E-state index in [0.717, 1.165) is 16.1 Å². The molecule has 2 heterocycles. The van der Waals surface area contributed by atoms with E-state index in [2.05, 4.69) is 29.3 Å². The van der Waals surface area contributed by atoms with Crippen LogP contribution in [0, 0.1) is 10.1 Å². The predicted octanol–water partition coefficient (Wildman–Crippen LogP) is 5.67. The monoisotopic (exact) mass is 448 g/mol. The number of nitrogens with zero attached hydrogens (tertiary/aromatic N) is 4. The molecule has 4 rings (SSSR count). The molecule has 0 fully saturated rings. The second kappa shape index (κ2) is 9.00. The lowest BCUT2D eigenvalue weighted by Gasteiger charge is -2.42. The molecule has 1 aliphatic heterocycles. The van der Waals surface area contributed by atoms with Gasteiger partial charge in [-0.1, -0.05) is 55.5 Å². The Morgan fingerprint density at radius 3 is 2.53 bits per heavy atom. The van der Waals surface area contributed by atoms with Gasteiger partial charge in [-0.25, -0.2) is 0 Å². The molecule has 1 aliphatic rings. The highest BCUT2D eigenvalue weighted by Crippen LogP contribution is 2.40. The number of nitro benzene ring substituents is 1. The second-order valence-electron chi connectivity index (χ2n) is 7.91. The summed E-state index contributed by atoms with van der Waals surface area (Å²) in [6, 6.07) is 16.9. The van der Waals surface area contributed by atoms with Crippen molar-refractivity contribution in [2.24, 2.45) is 4.99 Å². The predicted molar refractivity (Wildman–Crippen MR) is 126 cm³/mol. The summed E-state index contributed by atoms with van der Waals surface area (Å²) in [5, 5.41) is 11.8. The summed E-state index contributed by atoms with van der Waals surface area (Å²) in [5.41, 5.74) is 0.844. The maximum Gasteiger partial charge on any atom is 0.329 e. The molecule has 0 spiro atoms. The molecule has 0 amide bonds. The number of hydrogen-bond acceptors (Lipinski definition) is 7. The van der Waals surface area contributed by atoms with Crippen LogP contribution in [0.4, 0.5) is 5.69 Å². The molecule has 0 saturated heterocycles. The van der Waals surface area contributed by atoms with E-state index in [9.17, 15) is 10.1 Å². The van der Waals surface area contributed by atoms with Gasteiger partial charge in [0.05, 0.1) is 4.92 Å². The molecule has 2 aromatic carbocycles. The Kier molecular flexibility index (Phi) is 6.14. The third-order valence-electron chi connectivity index (χ3n) is 6.02. The fourth-order valence-corrected chi connectivity index (χ4v) is 4.61. The van der Waals surface area contributed by atoms with Crippen LogP contribution in [0.5, 0.6) is 6.01 Å². The Bertz CT molecular complexity index is 1130. The normalized spacial score (nSPS) is 19.1. The first kappa shape index (κ1) is 21.8. The van der Waals surface area contributed by atoms with Crippen molar-refractivity contribution in [3.05, 3.63) is 82.4 Å². The van der Waals surface area contributed by atoms with Crippen LogP contribution in [0.25, 0.3) is 10.6 Å². The van der Waals surface area contributed by atoms with E-state index in [1.165, 1.54) is 23.7 Å². The van der Waals surface area contributed by atoms with E-state index < -0.39 is 11.1 Å². The molecule has 0 radical (unpaired) electrons.